The molecular formula is C8H8F3N5O2. The summed E-state index contributed by atoms with van der Waals surface area (Å²) in [5, 5.41) is 2.11. The first-order valence-corrected chi connectivity index (χ1v) is 4.84. The van der Waals surface area contributed by atoms with Gasteiger partial charge in [0.05, 0.1) is 13.1 Å². The highest BCUT2D eigenvalue weighted by Crippen LogP contribution is 2.12. The third-order valence-electron chi connectivity index (χ3n) is 2.06. The lowest BCUT2D eigenvalue weighted by Gasteiger charge is -2.05. The number of alkyl halides is 3. The number of hydrogen-bond donors (Lipinski definition) is 4. The third-order valence-corrected chi connectivity index (χ3v) is 2.06. The number of imidazole rings is 1. The summed E-state index contributed by atoms with van der Waals surface area (Å²) >= 11 is 0. The monoisotopic (exact) mass is 263 g/mol. The van der Waals surface area contributed by atoms with Crippen LogP contribution in [0.4, 0.5) is 13.2 Å². The molecule has 10 heteroatoms. The second kappa shape index (κ2) is 4.29. The molecule has 18 heavy (non-hydrogen) atoms. The Labute approximate surface area is 96.4 Å². The number of halogens is 3. The SMILES string of the molecule is O=c1[nH]c(=O)c2[nH]c(CNCC(F)(F)F)nc2[nH]1. The molecule has 0 atom stereocenters. The molecule has 98 valence electrons. The maximum atomic E-state index is 11.9. The fourth-order valence-corrected chi connectivity index (χ4v) is 1.39. The summed E-state index contributed by atoms with van der Waals surface area (Å²) < 4.78 is 35.7. The second-order valence-corrected chi connectivity index (χ2v) is 3.53. The Morgan fingerprint density at radius 3 is 2.56 bits per heavy atom. The van der Waals surface area contributed by atoms with Crippen LogP contribution in [-0.4, -0.2) is 32.7 Å². The molecule has 0 radical (unpaired) electrons. The van der Waals surface area contributed by atoms with Gasteiger partial charge in [0.1, 0.15) is 11.3 Å². The lowest BCUT2D eigenvalue weighted by Crippen LogP contribution is -2.28. The molecule has 7 nitrogen and oxygen atoms in total. The number of nitrogens with zero attached hydrogens (tertiary/aromatic N) is 1. The van der Waals surface area contributed by atoms with Gasteiger partial charge in [-0.2, -0.15) is 13.2 Å². The molecule has 0 fully saturated rings. The summed E-state index contributed by atoms with van der Waals surface area (Å²) in [5.74, 6) is 0.126. The van der Waals surface area contributed by atoms with Crippen LogP contribution < -0.4 is 16.6 Å². The van der Waals surface area contributed by atoms with Crippen LogP contribution in [0.5, 0.6) is 0 Å². The third kappa shape index (κ3) is 2.77. The van der Waals surface area contributed by atoms with E-state index in [-0.39, 0.29) is 23.5 Å². The van der Waals surface area contributed by atoms with Gasteiger partial charge in [0, 0.05) is 0 Å². The standard InChI is InChI=1S/C8H8F3N5O2/c9-8(10,11)2-12-1-3-13-4-5(14-3)15-7(18)16-6(4)17/h12H,1-2H2,(H3,13,14,15,16,17,18). The van der Waals surface area contributed by atoms with Crippen molar-refractivity contribution in [1.82, 2.24) is 25.3 Å². The fraction of sp³-hybridized carbons (Fsp3) is 0.375. The molecular weight excluding hydrogens is 255 g/mol. The Balaban J connectivity index is 2.18. The largest absolute Gasteiger partial charge is 0.401 e. The van der Waals surface area contributed by atoms with Gasteiger partial charge in [-0.25, -0.2) is 9.78 Å². The van der Waals surface area contributed by atoms with Crippen molar-refractivity contribution in [3.63, 3.8) is 0 Å². The number of aromatic nitrogens is 4. The van der Waals surface area contributed by atoms with E-state index in [1.165, 1.54) is 0 Å². The van der Waals surface area contributed by atoms with Crippen LogP contribution in [0.2, 0.25) is 0 Å². The quantitative estimate of drug-likeness (QED) is 0.604. The molecule has 0 aliphatic carbocycles. The van der Waals surface area contributed by atoms with E-state index in [4.69, 9.17) is 0 Å². The van der Waals surface area contributed by atoms with Gasteiger partial charge in [-0.1, -0.05) is 0 Å². The van der Waals surface area contributed by atoms with Crippen LogP contribution in [0.3, 0.4) is 0 Å². The van der Waals surface area contributed by atoms with Gasteiger partial charge in [0.15, 0.2) is 5.65 Å². The predicted molar refractivity (Wildman–Crippen MR) is 55.1 cm³/mol. The Hall–Kier alpha value is -2.10. The number of hydrogen-bond acceptors (Lipinski definition) is 4. The highest BCUT2D eigenvalue weighted by atomic mass is 19.4. The van der Waals surface area contributed by atoms with E-state index < -0.39 is 24.0 Å². The zero-order valence-corrected chi connectivity index (χ0v) is 8.81. The van der Waals surface area contributed by atoms with E-state index in [9.17, 15) is 22.8 Å². The van der Waals surface area contributed by atoms with Gasteiger partial charge in [-0.3, -0.25) is 14.8 Å². The summed E-state index contributed by atoms with van der Waals surface area (Å²) in [6, 6.07) is 0. The van der Waals surface area contributed by atoms with Gasteiger partial charge in [0.2, 0.25) is 0 Å². The first-order valence-electron chi connectivity index (χ1n) is 4.84. The first kappa shape index (κ1) is 12.4. The zero-order valence-electron chi connectivity index (χ0n) is 8.81. The number of nitrogens with one attached hydrogen (secondary N) is 4. The molecule has 2 aromatic rings. The van der Waals surface area contributed by atoms with Gasteiger partial charge in [-0.05, 0) is 0 Å². The minimum absolute atomic E-state index is 0.00700. The van der Waals surface area contributed by atoms with E-state index in [1.54, 1.807) is 0 Å². The van der Waals surface area contributed by atoms with E-state index in [0.29, 0.717) is 0 Å². The molecule has 0 saturated carbocycles. The molecule has 2 aromatic heterocycles. The van der Waals surface area contributed by atoms with Crippen molar-refractivity contribution in [2.75, 3.05) is 6.54 Å². The highest BCUT2D eigenvalue weighted by Gasteiger charge is 2.26. The number of rotatable bonds is 3. The summed E-state index contributed by atoms with van der Waals surface area (Å²) in [7, 11) is 0. The van der Waals surface area contributed by atoms with E-state index >= 15 is 0 Å². The molecule has 0 saturated heterocycles. The van der Waals surface area contributed by atoms with E-state index in [2.05, 4.69) is 20.3 Å². The van der Waals surface area contributed by atoms with Gasteiger partial charge in [-0.15, -0.1) is 0 Å². The molecule has 0 spiro atoms. The highest BCUT2D eigenvalue weighted by molar-refractivity contribution is 5.68. The van der Waals surface area contributed by atoms with Gasteiger partial charge < -0.3 is 10.3 Å². The molecule has 0 amide bonds. The van der Waals surface area contributed by atoms with E-state index in [1.807, 2.05) is 4.98 Å². The van der Waals surface area contributed by atoms with Crippen LogP contribution in [0.15, 0.2) is 9.59 Å². The number of fused-ring (bicyclic) bond motifs is 1. The molecule has 2 heterocycles. The average Bonchev–Trinajstić information content (AvgIpc) is 2.58. The van der Waals surface area contributed by atoms with Crippen molar-refractivity contribution in [2.45, 2.75) is 12.7 Å². The topological polar surface area (TPSA) is 106 Å². The van der Waals surface area contributed by atoms with Gasteiger partial charge in [0.25, 0.3) is 5.56 Å². The van der Waals surface area contributed by atoms with Crippen molar-refractivity contribution >= 4 is 11.2 Å². The minimum atomic E-state index is -4.32. The fourth-order valence-electron chi connectivity index (χ4n) is 1.39. The molecule has 2 rings (SSSR count). The Morgan fingerprint density at radius 2 is 1.89 bits per heavy atom. The van der Waals surface area contributed by atoms with Crippen molar-refractivity contribution in [3.05, 3.63) is 26.7 Å². The molecule has 0 aliphatic heterocycles. The normalized spacial score (nSPS) is 12.2. The number of H-pyrrole nitrogens is 3. The van der Waals surface area contributed by atoms with Crippen molar-refractivity contribution in [1.29, 1.82) is 0 Å². The molecule has 0 aromatic carbocycles. The van der Waals surface area contributed by atoms with E-state index in [0.717, 1.165) is 0 Å². The lowest BCUT2D eigenvalue weighted by molar-refractivity contribution is -0.125. The molecule has 0 bridgehead atoms. The smallest absolute Gasteiger partial charge is 0.335 e. The molecule has 0 aliphatic rings. The Kier molecular flexibility index (Phi) is 2.95. The van der Waals surface area contributed by atoms with Crippen LogP contribution in [0.25, 0.3) is 11.2 Å². The maximum Gasteiger partial charge on any atom is 0.401 e. The molecule has 4 N–H and O–H groups in total. The minimum Gasteiger partial charge on any atom is -0.335 e. The van der Waals surface area contributed by atoms with Crippen LogP contribution >= 0.6 is 0 Å². The lowest BCUT2D eigenvalue weighted by atomic mass is 10.5. The second-order valence-electron chi connectivity index (χ2n) is 3.53. The van der Waals surface area contributed by atoms with Crippen molar-refractivity contribution in [3.8, 4) is 0 Å². The first-order chi connectivity index (χ1) is 8.35. The zero-order chi connectivity index (χ0) is 13.3. The summed E-state index contributed by atoms with van der Waals surface area (Å²) in [5.41, 5.74) is -1.39. The van der Waals surface area contributed by atoms with Crippen LogP contribution in [0, 0.1) is 0 Å². The van der Waals surface area contributed by atoms with Gasteiger partial charge >= 0.3 is 11.9 Å². The van der Waals surface area contributed by atoms with Crippen molar-refractivity contribution < 1.29 is 13.2 Å². The molecule has 0 unspecified atom stereocenters. The Bertz CT molecular complexity index is 668. The summed E-state index contributed by atoms with van der Waals surface area (Å²) in [6.07, 6.45) is -4.32. The maximum absolute atomic E-state index is 11.9. The Morgan fingerprint density at radius 1 is 1.17 bits per heavy atom. The summed E-state index contributed by atoms with van der Waals surface area (Å²) in [6.45, 7) is -1.37. The van der Waals surface area contributed by atoms with Crippen LogP contribution in [0.1, 0.15) is 5.82 Å². The average molecular weight is 263 g/mol. The van der Waals surface area contributed by atoms with Crippen molar-refractivity contribution in [2.24, 2.45) is 0 Å². The van der Waals surface area contributed by atoms with Crippen LogP contribution in [-0.2, 0) is 6.54 Å². The number of aromatic amines is 3. The predicted octanol–water partition coefficient (Wildman–Crippen LogP) is -0.409. The summed E-state index contributed by atoms with van der Waals surface area (Å²) in [4.78, 5) is 32.8.